The van der Waals surface area contributed by atoms with Gasteiger partial charge in [-0.05, 0) is 31.7 Å². The number of H-pyrrole nitrogens is 1. The zero-order chi connectivity index (χ0) is 18.6. The number of anilines is 1. The number of para-hydroxylation sites is 1. The van der Waals surface area contributed by atoms with Gasteiger partial charge in [-0.25, -0.2) is 4.79 Å². The summed E-state index contributed by atoms with van der Waals surface area (Å²) in [6.07, 6.45) is 7.96. The maximum absolute atomic E-state index is 12.9. The number of likely N-dealkylation sites (tertiary alicyclic amines) is 1. The predicted octanol–water partition coefficient (Wildman–Crippen LogP) is 4.23. The van der Waals surface area contributed by atoms with Crippen molar-refractivity contribution >= 4 is 12.0 Å². The molecule has 2 N–H and O–H groups in total. The fraction of sp³-hybridized carbons (Fsp3) is 0.550. The second-order valence-corrected chi connectivity index (χ2v) is 7.40. The molecule has 1 atom stereocenters. The van der Waals surface area contributed by atoms with Crippen LogP contribution in [0.4, 0.5) is 10.7 Å². The number of carbonyl (C=O) groups is 1. The summed E-state index contributed by atoms with van der Waals surface area (Å²) < 4.78 is 5.49. The summed E-state index contributed by atoms with van der Waals surface area (Å²) in [6.45, 7) is 0.717. The van der Waals surface area contributed by atoms with Gasteiger partial charge in [0, 0.05) is 18.0 Å². The van der Waals surface area contributed by atoms with Crippen molar-refractivity contribution in [1.29, 1.82) is 0 Å². The summed E-state index contributed by atoms with van der Waals surface area (Å²) in [5.74, 6) is 2.52. The van der Waals surface area contributed by atoms with E-state index in [-0.39, 0.29) is 12.1 Å². The molecule has 2 amide bonds. The van der Waals surface area contributed by atoms with E-state index in [9.17, 15) is 4.79 Å². The van der Waals surface area contributed by atoms with Crippen molar-refractivity contribution in [3.63, 3.8) is 0 Å². The van der Waals surface area contributed by atoms with Crippen LogP contribution in [-0.4, -0.2) is 39.8 Å². The van der Waals surface area contributed by atoms with E-state index in [1.807, 2.05) is 29.2 Å². The number of aromatic nitrogens is 3. The first-order valence-corrected chi connectivity index (χ1v) is 9.89. The van der Waals surface area contributed by atoms with Crippen molar-refractivity contribution in [1.82, 2.24) is 20.1 Å². The van der Waals surface area contributed by atoms with E-state index in [1.165, 1.54) is 19.3 Å². The second-order valence-electron chi connectivity index (χ2n) is 7.40. The van der Waals surface area contributed by atoms with Gasteiger partial charge in [0.25, 0.3) is 0 Å². The molecule has 27 heavy (non-hydrogen) atoms. The monoisotopic (exact) mass is 369 g/mol. The average molecular weight is 369 g/mol. The molecule has 2 heterocycles. The van der Waals surface area contributed by atoms with Crippen molar-refractivity contribution < 1.29 is 9.53 Å². The third kappa shape index (κ3) is 3.77. The number of nitrogens with one attached hydrogen (secondary N) is 2. The number of rotatable bonds is 4. The molecule has 0 bridgehead atoms. The van der Waals surface area contributed by atoms with Crippen molar-refractivity contribution in [3.8, 4) is 5.75 Å². The number of aromatic amines is 1. The molecule has 4 rings (SSSR count). The number of hydrogen-bond acceptors (Lipinski definition) is 4. The van der Waals surface area contributed by atoms with Crippen LogP contribution in [0.1, 0.15) is 68.3 Å². The molecule has 1 saturated heterocycles. The summed E-state index contributed by atoms with van der Waals surface area (Å²) in [6, 6.07) is 7.76. The first-order chi connectivity index (χ1) is 13.3. The Morgan fingerprint density at radius 2 is 2.00 bits per heavy atom. The number of urea groups is 1. The minimum absolute atomic E-state index is 0.0120. The molecule has 144 valence electrons. The molecule has 2 aromatic rings. The van der Waals surface area contributed by atoms with E-state index >= 15 is 0 Å². The lowest BCUT2D eigenvalue weighted by Gasteiger charge is -2.26. The fourth-order valence-electron chi connectivity index (χ4n) is 4.33. The molecular formula is C20H27N5O2. The van der Waals surface area contributed by atoms with E-state index in [2.05, 4.69) is 20.5 Å². The van der Waals surface area contributed by atoms with Crippen LogP contribution in [0.5, 0.6) is 5.75 Å². The van der Waals surface area contributed by atoms with Crippen LogP contribution >= 0.6 is 0 Å². The van der Waals surface area contributed by atoms with Crippen molar-refractivity contribution in [2.75, 3.05) is 19.0 Å². The minimum Gasteiger partial charge on any atom is -0.496 e. The molecule has 0 radical (unpaired) electrons. The topological polar surface area (TPSA) is 83.1 Å². The maximum Gasteiger partial charge on any atom is 0.324 e. The maximum atomic E-state index is 12.9. The Kier molecular flexibility index (Phi) is 5.27. The van der Waals surface area contributed by atoms with Crippen molar-refractivity contribution in [2.45, 2.75) is 56.9 Å². The highest BCUT2D eigenvalue weighted by Crippen LogP contribution is 2.37. The van der Waals surface area contributed by atoms with E-state index in [1.54, 1.807) is 7.11 Å². The number of benzene rings is 1. The quantitative estimate of drug-likeness (QED) is 0.845. The van der Waals surface area contributed by atoms with Crippen LogP contribution in [0.25, 0.3) is 0 Å². The Hall–Kier alpha value is -2.57. The summed E-state index contributed by atoms with van der Waals surface area (Å²) in [5.41, 5.74) is 1.05. The van der Waals surface area contributed by atoms with Crippen LogP contribution in [0.15, 0.2) is 24.3 Å². The van der Waals surface area contributed by atoms with Gasteiger partial charge < -0.3 is 9.64 Å². The molecule has 2 aliphatic rings. The summed E-state index contributed by atoms with van der Waals surface area (Å²) in [5, 5.41) is 10.1. The Bertz CT molecular complexity index is 784. The van der Waals surface area contributed by atoms with Gasteiger partial charge in [0.1, 0.15) is 11.6 Å². The minimum atomic E-state index is -0.155. The van der Waals surface area contributed by atoms with Gasteiger partial charge in [0.05, 0.1) is 13.2 Å². The molecule has 7 heteroatoms. The Morgan fingerprint density at radius 3 is 2.81 bits per heavy atom. The normalized spacial score (nSPS) is 20.6. The highest BCUT2D eigenvalue weighted by atomic mass is 16.5. The number of ether oxygens (including phenoxy) is 1. The van der Waals surface area contributed by atoms with Crippen LogP contribution < -0.4 is 10.1 Å². The molecule has 1 aliphatic carbocycles. The van der Waals surface area contributed by atoms with Crippen LogP contribution in [0, 0.1) is 0 Å². The second kappa shape index (κ2) is 7.98. The van der Waals surface area contributed by atoms with Gasteiger partial charge in [0.15, 0.2) is 0 Å². The number of nitrogens with zero attached hydrogens (tertiary/aromatic N) is 3. The third-order valence-electron chi connectivity index (χ3n) is 5.72. The molecule has 1 unspecified atom stereocenters. The molecular weight excluding hydrogens is 342 g/mol. The Labute approximate surface area is 159 Å². The highest BCUT2D eigenvalue weighted by Gasteiger charge is 2.32. The van der Waals surface area contributed by atoms with E-state index in [0.29, 0.717) is 18.4 Å². The van der Waals surface area contributed by atoms with Crippen LogP contribution in [0.3, 0.4) is 0 Å². The lowest BCUT2D eigenvalue weighted by molar-refractivity contribution is 0.206. The fourth-order valence-corrected chi connectivity index (χ4v) is 4.33. The molecule has 1 aromatic heterocycles. The lowest BCUT2D eigenvalue weighted by Crippen LogP contribution is -2.34. The van der Waals surface area contributed by atoms with Crippen LogP contribution in [-0.2, 0) is 0 Å². The first-order valence-electron chi connectivity index (χ1n) is 9.89. The standard InChI is InChI=1S/C20H27N5O2/c1-27-17-12-6-5-10-15(17)16-11-7-13-25(16)20(26)22-19-21-18(23-24-19)14-8-3-2-4-9-14/h5-6,10,12,14,16H,2-4,7-9,11,13H2,1H3,(H2,21,22,23,24,26). The Balaban J connectivity index is 1.45. The number of hydrogen-bond donors (Lipinski definition) is 2. The average Bonchev–Trinajstić information content (AvgIpc) is 3.38. The summed E-state index contributed by atoms with van der Waals surface area (Å²) in [7, 11) is 1.67. The Morgan fingerprint density at radius 1 is 1.19 bits per heavy atom. The smallest absolute Gasteiger partial charge is 0.324 e. The summed E-state index contributed by atoms with van der Waals surface area (Å²) in [4.78, 5) is 19.2. The van der Waals surface area contributed by atoms with Gasteiger partial charge >= 0.3 is 6.03 Å². The SMILES string of the molecule is COc1ccccc1C1CCCN1C(=O)Nc1n[nH]c(C2CCCCC2)n1. The van der Waals surface area contributed by atoms with Crippen molar-refractivity contribution in [3.05, 3.63) is 35.7 Å². The molecule has 1 aromatic carbocycles. The van der Waals surface area contributed by atoms with Crippen LogP contribution in [0.2, 0.25) is 0 Å². The van der Waals surface area contributed by atoms with E-state index < -0.39 is 0 Å². The number of methoxy groups -OCH3 is 1. The number of carbonyl (C=O) groups excluding carboxylic acids is 1. The van der Waals surface area contributed by atoms with E-state index in [0.717, 1.165) is 42.8 Å². The predicted molar refractivity (Wildman–Crippen MR) is 103 cm³/mol. The van der Waals surface area contributed by atoms with Gasteiger partial charge in [-0.15, -0.1) is 5.10 Å². The lowest BCUT2D eigenvalue weighted by atomic mass is 9.89. The number of amides is 2. The largest absolute Gasteiger partial charge is 0.496 e. The summed E-state index contributed by atoms with van der Waals surface area (Å²) >= 11 is 0. The molecule has 2 fully saturated rings. The highest BCUT2D eigenvalue weighted by molar-refractivity contribution is 5.88. The van der Waals surface area contributed by atoms with Gasteiger partial charge in [-0.1, -0.05) is 37.5 Å². The van der Waals surface area contributed by atoms with E-state index in [4.69, 9.17) is 4.74 Å². The third-order valence-corrected chi connectivity index (χ3v) is 5.72. The molecule has 1 saturated carbocycles. The van der Waals surface area contributed by atoms with Gasteiger partial charge in [-0.3, -0.25) is 10.4 Å². The van der Waals surface area contributed by atoms with Crippen molar-refractivity contribution in [2.24, 2.45) is 0 Å². The first kappa shape index (κ1) is 17.8. The zero-order valence-corrected chi connectivity index (χ0v) is 15.8. The molecule has 0 spiro atoms. The van der Waals surface area contributed by atoms with Gasteiger partial charge in [-0.2, -0.15) is 4.98 Å². The molecule has 7 nitrogen and oxygen atoms in total. The molecule has 1 aliphatic heterocycles. The van der Waals surface area contributed by atoms with Gasteiger partial charge in [0.2, 0.25) is 5.95 Å². The zero-order valence-electron chi connectivity index (χ0n) is 15.8.